The maximum absolute atomic E-state index is 12.5. The van der Waals surface area contributed by atoms with E-state index in [1.165, 1.54) is 25.5 Å². The van der Waals surface area contributed by atoms with Gasteiger partial charge in [0.25, 0.3) is 5.56 Å². The van der Waals surface area contributed by atoms with Gasteiger partial charge < -0.3 is 10.0 Å². The van der Waals surface area contributed by atoms with E-state index in [0.717, 1.165) is 35.0 Å². The fourth-order valence-electron chi connectivity index (χ4n) is 3.82. The molecule has 4 rings (SSSR count). The highest BCUT2D eigenvalue weighted by molar-refractivity contribution is 5.91. The predicted octanol–water partition coefficient (Wildman–Crippen LogP) is 2.29. The van der Waals surface area contributed by atoms with Crippen molar-refractivity contribution < 1.29 is 5.11 Å². The van der Waals surface area contributed by atoms with E-state index in [9.17, 15) is 14.7 Å². The highest BCUT2D eigenvalue weighted by atomic mass is 16.3. The van der Waals surface area contributed by atoms with E-state index in [4.69, 9.17) is 0 Å². The molecule has 2 N–H and O–H groups in total. The molecule has 0 aliphatic carbocycles. The number of nitrogens with zero attached hydrogens (tertiary/aromatic N) is 3. The van der Waals surface area contributed by atoms with Gasteiger partial charge in [-0.25, -0.2) is 9.36 Å². The summed E-state index contributed by atoms with van der Waals surface area (Å²) in [4.78, 5) is 33.7. The Morgan fingerprint density at radius 1 is 1.03 bits per heavy atom. The van der Waals surface area contributed by atoms with Crippen LogP contribution in [0, 0.1) is 0 Å². The van der Waals surface area contributed by atoms with Gasteiger partial charge in [-0.3, -0.25) is 14.8 Å². The maximum Gasteiger partial charge on any atom is 0.335 e. The van der Waals surface area contributed by atoms with E-state index in [1.807, 2.05) is 30.3 Å². The molecule has 7 heteroatoms. The van der Waals surface area contributed by atoms with Crippen molar-refractivity contribution in [2.75, 3.05) is 26.2 Å². The lowest BCUT2D eigenvalue weighted by molar-refractivity contribution is 0.235. The second kappa shape index (κ2) is 8.45. The van der Waals surface area contributed by atoms with Crippen LogP contribution in [0.5, 0.6) is 5.88 Å². The third kappa shape index (κ3) is 4.00. The van der Waals surface area contributed by atoms with E-state index in [2.05, 4.69) is 14.9 Å². The Morgan fingerprint density at radius 2 is 1.79 bits per heavy atom. The predicted molar refractivity (Wildman–Crippen MR) is 115 cm³/mol. The van der Waals surface area contributed by atoms with E-state index >= 15 is 0 Å². The molecular weight excluding hydrogens is 368 g/mol. The second-order valence-electron chi connectivity index (χ2n) is 7.27. The molecule has 1 aromatic heterocycles. The number of piperidine rings is 1. The molecule has 29 heavy (non-hydrogen) atoms. The van der Waals surface area contributed by atoms with Crippen molar-refractivity contribution in [2.24, 2.45) is 4.99 Å². The number of aromatic hydroxyl groups is 1. The van der Waals surface area contributed by atoms with Crippen molar-refractivity contribution in [1.29, 1.82) is 0 Å². The zero-order valence-corrected chi connectivity index (χ0v) is 16.2. The average molecular weight is 392 g/mol. The maximum atomic E-state index is 12.5. The Hall–Kier alpha value is -3.19. The number of nitrogens with one attached hydrogen (secondary N) is 1. The number of benzene rings is 2. The number of hydrogen-bond donors (Lipinski definition) is 2. The molecule has 1 saturated heterocycles. The van der Waals surface area contributed by atoms with Crippen LogP contribution < -0.4 is 11.2 Å². The Morgan fingerprint density at radius 3 is 2.62 bits per heavy atom. The third-order valence-corrected chi connectivity index (χ3v) is 5.34. The largest absolute Gasteiger partial charge is 0.493 e. The topological polar surface area (TPSA) is 90.7 Å². The number of hydrogen-bond acceptors (Lipinski definition) is 5. The molecule has 0 unspecified atom stereocenters. The van der Waals surface area contributed by atoms with Gasteiger partial charge in [-0.2, -0.15) is 0 Å². The quantitative estimate of drug-likeness (QED) is 0.652. The van der Waals surface area contributed by atoms with E-state index < -0.39 is 17.1 Å². The van der Waals surface area contributed by atoms with Gasteiger partial charge in [-0.05, 0) is 37.4 Å². The van der Waals surface area contributed by atoms with Crippen molar-refractivity contribution in [3.8, 4) is 11.6 Å². The molecule has 0 atom stereocenters. The summed E-state index contributed by atoms with van der Waals surface area (Å²) in [5, 5.41) is 12.5. The van der Waals surface area contributed by atoms with Crippen LogP contribution in [0.4, 0.5) is 0 Å². The molecule has 2 heterocycles. The van der Waals surface area contributed by atoms with E-state index in [0.29, 0.717) is 12.2 Å². The first kappa shape index (κ1) is 19.1. The number of aliphatic imine (C=N–C) groups is 1. The van der Waals surface area contributed by atoms with Gasteiger partial charge in [0.2, 0.25) is 5.88 Å². The molecular formula is C22H24N4O3. The number of fused-ring (bicyclic) bond motifs is 1. The zero-order chi connectivity index (χ0) is 20.2. The minimum Gasteiger partial charge on any atom is -0.493 e. The fourth-order valence-corrected chi connectivity index (χ4v) is 3.82. The summed E-state index contributed by atoms with van der Waals surface area (Å²) in [5.41, 5.74) is -0.846. The number of aromatic nitrogens is 2. The summed E-state index contributed by atoms with van der Waals surface area (Å²) in [7, 11) is 0. The Kier molecular flexibility index (Phi) is 5.57. The molecule has 3 aromatic rings. The Balaban J connectivity index is 1.67. The minimum atomic E-state index is -0.686. The van der Waals surface area contributed by atoms with Gasteiger partial charge in [-0.1, -0.05) is 42.8 Å². The van der Waals surface area contributed by atoms with Crippen LogP contribution in [0.3, 0.4) is 0 Å². The summed E-state index contributed by atoms with van der Waals surface area (Å²) in [6.07, 6.45) is 5.05. The Bertz CT molecular complexity index is 1150. The lowest BCUT2D eigenvalue weighted by Crippen LogP contribution is -2.32. The van der Waals surface area contributed by atoms with Crippen molar-refractivity contribution >= 4 is 17.0 Å². The summed E-state index contributed by atoms with van der Waals surface area (Å²) >= 11 is 0. The summed E-state index contributed by atoms with van der Waals surface area (Å²) in [6, 6.07) is 13.0. The number of likely N-dealkylation sites (tertiary alicyclic amines) is 1. The van der Waals surface area contributed by atoms with Crippen molar-refractivity contribution in [2.45, 2.75) is 19.3 Å². The number of H-pyrrole nitrogens is 1. The molecule has 2 aromatic carbocycles. The van der Waals surface area contributed by atoms with Crippen LogP contribution in [-0.2, 0) is 0 Å². The fraction of sp³-hybridized carbons (Fsp3) is 0.318. The van der Waals surface area contributed by atoms with Gasteiger partial charge in [-0.15, -0.1) is 0 Å². The van der Waals surface area contributed by atoms with Crippen molar-refractivity contribution in [3.63, 3.8) is 0 Å². The highest BCUT2D eigenvalue weighted by Crippen LogP contribution is 2.24. The first-order chi connectivity index (χ1) is 14.1. The standard InChI is InChI=1S/C22H24N4O3/c27-20-18(15-23-11-14-25-12-4-1-5-13-25)21(28)26(22(29)24-20)19-10-6-8-16-7-2-3-9-17(16)19/h2-3,6-10,15,28H,1,4-5,11-14H2,(H,24,27,29). The van der Waals surface area contributed by atoms with Crippen molar-refractivity contribution in [1.82, 2.24) is 14.5 Å². The second-order valence-corrected chi connectivity index (χ2v) is 7.27. The van der Waals surface area contributed by atoms with Gasteiger partial charge in [0.15, 0.2) is 0 Å². The van der Waals surface area contributed by atoms with Gasteiger partial charge >= 0.3 is 5.69 Å². The van der Waals surface area contributed by atoms with Crippen LogP contribution >= 0.6 is 0 Å². The molecule has 150 valence electrons. The van der Waals surface area contributed by atoms with Crippen LogP contribution in [-0.4, -0.2) is 52.0 Å². The molecule has 0 saturated carbocycles. The first-order valence-corrected chi connectivity index (χ1v) is 9.94. The van der Waals surface area contributed by atoms with Crippen LogP contribution in [0.15, 0.2) is 57.0 Å². The molecule has 0 bridgehead atoms. The van der Waals surface area contributed by atoms with E-state index in [-0.39, 0.29) is 5.56 Å². The summed E-state index contributed by atoms with van der Waals surface area (Å²) in [6.45, 7) is 3.50. The van der Waals surface area contributed by atoms with Crippen molar-refractivity contribution in [3.05, 3.63) is 68.9 Å². The first-order valence-electron chi connectivity index (χ1n) is 9.94. The van der Waals surface area contributed by atoms with Gasteiger partial charge in [0, 0.05) is 18.1 Å². The number of rotatable bonds is 5. The lowest BCUT2D eigenvalue weighted by atomic mass is 10.1. The van der Waals surface area contributed by atoms with Crippen LogP contribution in [0.2, 0.25) is 0 Å². The van der Waals surface area contributed by atoms with Gasteiger partial charge in [0.1, 0.15) is 5.56 Å². The molecule has 0 radical (unpaired) electrons. The average Bonchev–Trinajstić information content (AvgIpc) is 2.74. The smallest absolute Gasteiger partial charge is 0.335 e. The highest BCUT2D eigenvalue weighted by Gasteiger charge is 2.16. The molecule has 0 amide bonds. The van der Waals surface area contributed by atoms with Crippen LogP contribution in [0.25, 0.3) is 16.5 Å². The minimum absolute atomic E-state index is 0.0174. The summed E-state index contributed by atoms with van der Waals surface area (Å²) < 4.78 is 1.12. The lowest BCUT2D eigenvalue weighted by Gasteiger charge is -2.25. The third-order valence-electron chi connectivity index (χ3n) is 5.34. The molecule has 1 aliphatic rings. The SMILES string of the molecule is O=c1[nH]c(=O)n(-c2cccc3ccccc23)c(O)c1C=NCCN1CCCCC1. The molecule has 1 fully saturated rings. The monoisotopic (exact) mass is 392 g/mol. The molecule has 0 spiro atoms. The molecule has 7 nitrogen and oxygen atoms in total. The normalized spacial score (nSPS) is 15.3. The zero-order valence-electron chi connectivity index (χ0n) is 16.2. The summed E-state index contributed by atoms with van der Waals surface area (Å²) in [5.74, 6) is -0.406. The number of aromatic amines is 1. The molecule has 1 aliphatic heterocycles. The van der Waals surface area contributed by atoms with Gasteiger partial charge in [0.05, 0.1) is 12.2 Å². The Labute approximate surface area is 168 Å². The van der Waals surface area contributed by atoms with Crippen LogP contribution in [0.1, 0.15) is 24.8 Å². The van der Waals surface area contributed by atoms with E-state index in [1.54, 1.807) is 12.1 Å².